The van der Waals surface area contributed by atoms with E-state index in [2.05, 4.69) is 5.32 Å². The fraction of sp³-hybridized carbons (Fsp3) is 0.533. The van der Waals surface area contributed by atoms with Crippen LogP contribution in [0.2, 0.25) is 0 Å². The zero-order valence-electron chi connectivity index (χ0n) is 13.7. The Morgan fingerprint density at radius 2 is 1.48 bits per heavy atom. The summed E-state index contributed by atoms with van der Waals surface area (Å²) in [5, 5.41) is 3.01. The first-order valence-corrected chi connectivity index (χ1v) is 9.48. The van der Waals surface area contributed by atoms with Crippen molar-refractivity contribution < 1.29 is 39.6 Å². The van der Waals surface area contributed by atoms with Gasteiger partial charge in [0.15, 0.2) is 0 Å². The Balaban J connectivity index is 2.26. The van der Waals surface area contributed by atoms with Crippen LogP contribution in [0.4, 0.5) is 26.3 Å². The third-order valence-electron chi connectivity index (χ3n) is 4.01. The maximum atomic E-state index is 12.8. The smallest absolute Gasteiger partial charge is 0.317 e. The maximum absolute atomic E-state index is 12.8. The van der Waals surface area contributed by atoms with Gasteiger partial charge in [0.2, 0.25) is 10.0 Å². The van der Waals surface area contributed by atoms with Crippen LogP contribution >= 0.6 is 0 Å². The van der Waals surface area contributed by atoms with Gasteiger partial charge in [-0.15, -0.1) is 0 Å². The topological polar surface area (TPSA) is 75.3 Å². The molecule has 2 N–H and O–H groups in total. The van der Waals surface area contributed by atoms with Crippen LogP contribution in [-0.4, -0.2) is 33.2 Å². The van der Waals surface area contributed by atoms with Gasteiger partial charge in [-0.1, -0.05) is 0 Å². The first-order valence-electron chi connectivity index (χ1n) is 7.83. The van der Waals surface area contributed by atoms with Gasteiger partial charge in [-0.2, -0.15) is 26.3 Å². The summed E-state index contributed by atoms with van der Waals surface area (Å²) in [7, 11) is -4.22. The Bertz CT molecular complexity index is 767. The molecule has 12 heteroatoms. The molecule has 2 rings (SSSR count). The molecular weight excluding hydrogens is 402 g/mol. The molecule has 1 aliphatic heterocycles. The first kappa shape index (κ1) is 21.5. The third kappa shape index (κ3) is 6.09. The van der Waals surface area contributed by atoms with Crippen LogP contribution < -0.4 is 10.0 Å². The van der Waals surface area contributed by atoms with Crippen molar-refractivity contribution in [2.75, 3.05) is 18.8 Å². The predicted molar refractivity (Wildman–Crippen MR) is 83.3 cm³/mol. The summed E-state index contributed by atoms with van der Waals surface area (Å²) in [4.78, 5) is 12.0. The Hall–Kier alpha value is -1.82. The van der Waals surface area contributed by atoms with Crippen molar-refractivity contribution in [1.29, 1.82) is 0 Å². The van der Waals surface area contributed by atoms with E-state index in [1.165, 1.54) is 0 Å². The van der Waals surface area contributed by atoms with Crippen LogP contribution in [0.25, 0.3) is 0 Å². The molecular formula is C15H16F6N2O3S. The Labute approximate surface area is 151 Å². The van der Waals surface area contributed by atoms with E-state index >= 15 is 0 Å². The largest absolute Gasteiger partial charge is 0.416 e. The van der Waals surface area contributed by atoms with E-state index in [1.807, 2.05) is 0 Å². The van der Waals surface area contributed by atoms with Crippen molar-refractivity contribution in [3.63, 3.8) is 0 Å². The molecule has 0 aromatic heterocycles. The van der Waals surface area contributed by atoms with Crippen LogP contribution in [-0.2, 0) is 22.4 Å². The van der Waals surface area contributed by atoms with Gasteiger partial charge in [-0.25, -0.2) is 13.1 Å². The van der Waals surface area contributed by atoms with Gasteiger partial charge in [0.1, 0.15) is 0 Å². The highest BCUT2D eigenvalue weighted by atomic mass is 32.2. The van der Waals surface area contributed by atoms with Crippen LogP contribution in [0.1, 0.15) is 34.3 Å². The fourth-order valence-electron chi connectivity index (χ4n) is 2.69. The summed E-state index contributed by atoms with van der Waals surface area (Å²) < 4.78 is 103. The SMILES string of the molecule is O=C(NS(=O)(=O)CC1CCNCC1)c1cc(C(F)(F)F)cc(C(F)(F)F)c1. The lowest BCUT2D eigenvalue weighted by atomic mass is 10.0. The lowest BCUT2D eigenvalue weighted by Gasteiger charge is -2.22. The molecule has 1 fully saturated rings. The van der Waals surface area contributed by atoms with Gasteiger partial charge in [0.25, 0.3) is 5.91 Å². The number of sulfonamides is 1. The summed E-state index contributed by atoms with van der Waals surface area (Å²) in [5.74, 6) is -2.24. The fourth-order valence-corrected chi connectivity index (χ4v) is 4.12. The van der Waals surface area contributed by atoms with E-state index < -0.39 is 50.7 Å². The molecule has 1 heterocycles. The number of carbonyl (C=O) groups excluding carboxylic acids is 1. The second kappa shape index (κ2) is 7.66. The second-order valence-corrected chi connectivity index (χ2v) is 7.97. The minimum atomic E-state index is -5.13. The average molecular weight is 418 g/mol. The second-order valence-electron chi connectivity index (χ2n) is 6.20. The number of alkyl halides is 6. The van der Waals surface area contributed by atoms with Crippen LogP contribution in [0.15, 0.2) is 18.2 Å². The average Bonchev–Trinajstić information content (AvgIpc) is 2.52. The Kier molecular flexibility index (Phi) is 6.10. The van der Waals surface area contributed by atoms with Gasteiger partial charge in [-0.3, -0.25) is 4.79 Å². The Morgan fingerprint density at radius 1 is 1.00 bits per heavy atom. The molecule has 0 unspecified atom stereocenters. The van der Waals surface area contributed by atoms with E-state index in [4.69, 9.17) is 0 Å². The van der Waals surface area contributed by atoms with Gasteiger partial charge in [-0.05, 0) is 50.0 Å². The molecule has 1 aliphatic rings. The van der Waals surface area contributed by atoms with E-state index in [9.17, 15) is 39.6 Å². The van der Waals surface area contributed by atoms with E-state index in [0.29, 0.717) is 25.9 Å². The monoisotopic (exact) mass is 418 g/mol. The maximum Gasteiger partial charge on any atom is 0.416 e. The van der Waals surface area contributed by atoms with Crippen molar-refractivity contribution >= 4 is 15.9 Å². The summed E-state index contributed by atoms with van der Waals surface area (Å²) in [5.41, 5.74) is -4.43. The van der Waals surface area contributed by atoms with Crippen molar-refractivity contribution in [2.24, 2.45) is 5.92 Å². The number of amides is 1. The zero-order chi connectivity index (χ0) is 20.5. The molecule has 1 saturated heterocycles. The summed E-state index contributed by atoms with van der Waals surface area (Å²) in [6.45, 7) is 1.16. The van der Waals surface area contributed by atoms with Crippen LogP contribution in [0.3, 0.4) is 0 Å². The number of hydrogen-bond acceptors (Lipinski definition) is 4. The summed E-state index contributed by atoms with van der Waals surface area (Å²) in [6.07, 6.45) is -9.22. The molecule has 0 atom stereocenters. The first-order chi connectivity index (χ1) is 12.3. The number of halogens is 6. The summed E-state index contributed by atoms with van der Waals surface area (Å²) >= 11 is 0. The quantitative estimate of drug-likeness (QED) is 0.738. The number of carbonyl (C=O) groups is 1. The standard InChI is InChI=1S/C15H16F6N2O3S/c16-14(17,18)11-5-10(6-12(7-11)15(19,20)21)13(24)23-27(25,26)8-9-1-3-22-4-2-9/h5-7,9,22H,1-4,8H2,(H,23,24). The van der Waals surface area contributed by atoms with Crippen LogP contribution in [0.5, 0.6) is 0 Å². The molecule has 0 aliphatic carbocycles. The predicted octanol–water partition coefficient (Wildman–Crippen LogP) is 2.78. The number of hydrogen-bond donors (Lipinski definition) is 2. The van der Waals surface area contributed by atoms with Gasteiger partial charge < -0.3 is 5.32 Å². The number of benzene rings is 1. The van der Waals surface area contributed by atoms with Crippen molar-refractivity contribution in [2.45, 2.75) is 25.2 Å². The number of rotatable bonds is 4. The van der Waals surface area contributed by atoms with E-state index in [0.717, 1.165) is 0 Å². The van der Waals surface area contributed by atoms with Gasteiger partial charge >= 0.3 is 12.4 Å². The lowest BCUT2D eigenvalue weighted by molar-refractivity contribution is -0.143. The number of piperidine rings is 1. The third-order valence-corrected chi connectivity index (χ3v) is 5.42. The van der Waals surface area contributed by atoms with Crippen molar-refractivity contribution in [3.05, 3.63) is 34.9 Å². The molecule has 0 radical (unpaired) electrons. The molecule has 0 bridgehead atoms. The normalized spacial score (nSPS) is 17.0. The van der Waals surface area contributed by atoms with Gasteiger partial charge in [0.05, 0.1) is 16.9 Å². The van der Waals surface area contributed by atoms with E-state index in [-0.39, 0.29) is 24.1 Å². The molecule has 27 heavy (non-hydrogen) atoms. The molecule has 152 valence electrons. The van der Waals surface area contributed by atoms with E-state index in [1.54, 1.807) is 4.72 Å². The highest BCUT2D eigenvalue weighted by Crippen LogP contribution is 2.36. The molecule has 5 nitrogen and oxygen atoms in total. The lowest BCUT2D eigenvalue weighted by Crippen LogP contribution is -2.38. The molecule has 0 saturated carbocycles. The van der Waals surface area contributed by atoms with Crippen LogP contribution in [0, 0.1) is 5.92 Å². The minimum Gasteiger partial charge on any atom is -0.317 e. The molecule has 1 aromatic carbocycles. The Morgan fingerprint density at radius 3 is 1.93 bits per heavy atom. The highest BCUT2D eigenvalue weighted by molar-refractivity contribution is 7.90. The zero-order valence-corrected chi connectivity index (χ0v) is 14.6. The van der Waals surface area contributed by atoms with Gasteiger partial charge in [0, 0.05) is 5.56 Å². The number of nitrogens with one attached hydrogen (secondary N) is 2. The van der Waals surface area contributed by atoms with Crippen molar-refractivity contribution in [3.8, 4) is 0 Å². The minimum absolute atomic E-state index is 0.139. The molecule has 0 spiro atoms. The van der Waals surface area contributed by atoms with Crippen molar-refractivity contribution in [1.82, 2.24) is 10.0 Å². The summed E-state index contributed by atoms with van der Waals surface area (Å²) in [6, 6.07) is 0.232. The highest BCUT2D eigenvalue weighted by Gasteiger charge is 2.37. The molecule has 1 amide bonds. The molecule has 1 aromatic rings.